The van der Waals surface area contributed by atoms with Crippen molar-refractivity contribution >= 4 is 40.3 Å². The summed E-state index contributed by atoms with van der Waals surface area (Å²) in [5.41, 5.74) is 11.5. The standard InChI is InChI=1S/C43H48N10O5/c44-40-38-39(29-8-11-34(12-9-29)58-33-6-2-1-3-7-33)48-53(41(38)46-28-45-40)32-5-4-16-50(27-32)22-24-57-23-21-49-17-19-51(20-18-49)31-10-13-35-30(25-31)26-52(43(35)56)36-14-15-37(54)47-42(36)55/h1-3,6-13,25,28,32,36H,4-5,14-24,26-27H2,(H2,44,45,46)(H,47,54,55). The molecule has 0 spiro atoms. The number of aromatic nitrogens is 4. The Morgan fingerprint density at radius 1 is 0.828 bits per heavy atom. The van der Waals surface area contributed by atoms with E-state index in [4.69, 9.17) is 20.3 Å². The number of para-hydroxylation sites is 1. The van der Waals surface area contributed by atoms with E-state index < -0.39 is 6.04 Å². The van der Waals surface area contributed by atoms with Gasteiger partial charge in [0.05, 0.1) is 24.6 Å². The van der Waals surface area contributed by atoms with E-state index in [-0.39, 0.29) is 30.2 Å². The van der Waals surface area contributed by atoms with E-state index in [9.17, 15) is 14.4 Å². The first-order chi connectivity index (χ1) is 28.4. The molecule has 5 aromatic rings. The Bertz CT molecular complexity index is 2290. The summed E-state index contributed by atoms with van der Waals surface area (Å²) < 4.78 is 14.2. The molecule has 0 radical (unpaired) electrons. The number of amides is 3. The van der Waals surface area contributed by atoms with Crippen molar-refractivity contribution in [3.63, 3.8) is 0 Å². The average Bonchev–Trinajstić information content (AvgIpc) is 3.80. The quantitative estimate of drug-likeness (QED) is 0.138. The predicted octanol–water partition coefficient (Wildman–Crippen LogP) is 4.10. The maximum atomic E-state index is 13.1. The second-order valence-electron chi connectivity index (χ2n) is 15.5. The Morgan fingerprint density at radius 3 is 2.40 bits per heavy atom. The van der Waals surface area contributed by atoms with Gasteiger partial charge in [-0.15, -0.1) is 0 Å². The minimum Gasteiger partial charge on any atom is -0.457 e. The van der Waals surface area contributed by atoms with E-state index in [0.717, 1.165) is 110 Å². The van der Waals surface area contributed by atoms with Crippen LogP contribution in [0.1, 0.15) is 47.6 Å². The third-order valence-electron chi connectivity index (χ3n) is 11.8. The smallest absolute Gasteiger partial charge is 0.255 e. The number of fused-ring (bicyclic) bond motifs is 2. The number of nitrogens with zero attached hydrogens (tertiary/aromatic N) is 8. The Labute approximate surface area is 336 Å². The third-order valence-corrected chi connectivity index (χ3v) is 11.8. The zero-order valence-electron chi connectivity index (χ0n) is 32.5. The Hall–Kier alpha value is -5.90. The summed E-state index contributed by atoms with van der Waals surface area (Å²) in [5, 5.41) is 8.25. The monoisotopic (exact) mass is 784 g/mol. The SMILES string of the molecule is Nc1ncnc2c1c(-c1ccc(Oc3ccccc3)cc1)nn2C1CCCN(CCOCCN2CCN(c3ccc4c(c3)CN(C3CCC(=O)NC3=O)C4=O)CC2)C1. The number of piperidine rings is 2. The lowest BCUT2D eigenvalue weighted by Crippen LogP contribution is -2.52. The number of likely N-dealkylation sites (tertiary alicyclic amines) is 1. The number of hydrogen-bond acceptors (Lipinski definition) is 12. The molecule has 0 aliphatic carbocycles. The van der Waals surface area contributed by atoms with Crippen LogP contribution in [0.15, 0.2) is 79.1 Å². The summed E-state index contributed by atoms with van der Waals surface area (Å²) >= 11 is 0. The van der Waals surface area contributed by atoms with Crippen molar-refractivity contribution in [2.45, 2.75) is 44.3 Å². The van der Waals surface area contributed by atoms with Crippen LogP contribution in [0.4, 0.5) is 11.5 Å². The van der Waals surface area contributed by atoms with Gasteiger partial charge in [0.2, 0.25) is 11.8 Å². The number of carbonyl (C=O) groups is 3. The van der Waals surface area contributed by atoms with Crippen LogP contribution in [-0.4, -0.2) is 124 Å². The molecule has 15 heteroatoms. The van der Waals surface area contributed by atoms with Crippen molar-refractivity contribution in [1.29, 1.82) is 0 Å². The highest BCUT2D eigenvalue weighted by atomic mass is 16.5. The van der Waals surface area contributed by atoms with Gasteiger partial charge in [0.25, 0.3) is 5.91 Å². The number of anilines is 2. The number of hydrogen-bond donors (Lipinski definition) is 2. The zero-order valence-corrected chi connectivity index (χ0v) is 32.5. The molecule has 3 aromatic carbocycles. The summed E-state index contributed by atoms with van der Waals surface area (Å²) in [6.45, 7) is 8.92. The first-order valence-electron chi connectivity index (χ1n) is 20.2. The number of nitrogens with one attached hydrogen (secondary N) is 1. The van der Waals surface area contributed by atoms with Crippen LogP contribution in [-0.2, 0) is 20.9 Å². The predicted molar refractivity (Wildman–Crippen MR) is 218 cm³/mol. The molecule has 4 aliphatic rings. The minimum atomic E-state index is -0.604. The molecule has 0 bridgehead atoms. The van der Waals surface area contributed by atoms with Crippen molar-refractivity contribution in [2.75, 3.05) is 76.2 Å². The number of piperazine rings is 1. The molecule has 2 atom stereocenters. The highest BCUT2D eigenvalue weighted by molar-refractivity contribution is 6.05. The van der Waals surface area contributed by atoms with Gasteiger partial charge >= 0.3 is 0 Å². The minimum absolute atomic E-state index is 0.143. The molecule has 3 fully saturated rings. The van der Waals surface area contributed by atoms with Crippen LogP contribution in [0.25, 0.3) is 22.3 Å². The Kier molecular flexibility index (Phi) is 10.7. The van der Waals surface area contributed by atoms with E-state index >= 15 is 0 Å². The lowest BCUT2D eigenvalue weighted by Gasteiger charge is -2.36. The maximum absolute atomic E-state index is 13.1. The highest BCUT2D eigenvalue weighted by Crippen LogP contribution is 2.35. The van der Waals surface area contributed by atoms with Crippen LogP contribution in [0.3, 0.4) is 0 Å². The highest BCUT2D eigenvalue weighted by Gasteiger charge is 2.39. The van der Waals surface area contributed by atoms with Crippen molar-refractivity contribution < 1.29 is 23.9 Å². The van der Waals surface area contributed by atoms with Crippen molar-refractivity contribution in [1.82, 2.24) is 39.8 Å². The fourth-order valence-corrected chi connectivity index (χ4v) is 8.67. The molecule has 58 heavy (non-hydrogen) atoms. The molecule has 3 amide bonds. The Balaban J connectivity index is 0.740. The van der Waals surface area contributed by atoms with Crippen molar-refractivity contribution in [3.8, 4) is 22.8 Å². The fourth-order valence-electron chi connectivity index (χ4n) is 8.67. The molecular weight excluding hydrogens is 737 g/mol. The molecular formula is C43H48N10O5. The lowest BCUT2D eigenvalue weighted by atomic mass is 10.0. The first-order valence-corrected chi connectivity index (χ1v) is 20.2. The average molecular weight is 785 g/mol. The molecule has 6 heterocycles. The van der Waals surface area contributed by atoms with E-state index in [1.165, 1.54) is 6.33 Å². The van der Waals surface area contributed by atoms with Gasteiger partial charge in [-0.25, -0.2) is 14.6 Å². The summed E-state index contributed by atoms with van der Waals surface area (Å²) in [7, 11) is 0. The summed E-state index contributed by atoms with van der Waals surface area (Å²) in [6, 6.07) is 23.1. The molecule has 3 N–H and O–H groups in total. The van der Waals surface area contributed by atoms with E-state index in [1.807, 2.05) is 71.4 Å². The fraction of sp³-hybridized carbons (Fsp3) is 0.395. The van der Waals surface area contributed by atoms with Gasteiger partial charge in [-0.3, -0.25) is 29.5 Å². The second-order valence-corrected chi connectivity index (χ2v) is 15.5. The molecule has 300 valence electrons. The maximum Gasteiger partial charge on any atom is 0.255 e. The lowest BCUT2D eigenvalue weighted by molar-refractivity contribution is -0.136. The molecule has 2 aromatic heterocycles. The molecule has 4 aliphatic heterocycles. The van der Waals surface area contributed by atoms with Gasteiger partial charge in [-0.05, 0) is 86.0 Å². The van der Waals surface area contributed by atoms with E-state index in [0.29, 0.717) is 37.6 Å². The number of ether oxygens (including phenoxy) is 2. The van der Waals surface area contributed by atoms with Crippen LogP contribution in [0.2, 0.25) is 0 Å². The van der Waals surface area contributed by atoms with Crippen LogP contribution in [0, 0.1) is 0 Å². The third kappa shape index (κ3) is 7.84. The number of nitrogens with two attached hydrogens (primary N) is 1. The summed E-state index contributed by atoms with van der Waals surface area (Å²) in [5.74, 6) is 1.13. The van der Waals surface area contributed by atoms with Gasteiger partial charge in [0.1, 0.15) is 35.4 Å². The van der Waals surface area contributed by atoms with Gasteiger partial charge in [-0.2, -0.15) is 5.10 Å². The van der Waals surface area contributed by atoms with Crippen LogP contribution < -0.4 is 20.7 Å². The van der Waals surface area contributed by atoms with Crippen molar-refractivity contribution in [3.05, 3.63) is 90.3 Å². The van der Waals surface area contributed by atoms with E-state index in [1.54, 1.807) is 4.90 Å². The topological polar surface area (TPSA) is 164 Å². The Morgan fingerprint density at radius 2 is 1.60 bits per heavy atom. The number of nitrogen functional groups attached to an aromatic ring is 1. The summed E-state index contributed by atoms with van der Waals surface area (Å²) in [4.78, 5) is 55.0. The molecule has 0 saturated carbocycles. The second kappa shape index (κ2) is 16.5. The number of imide groups is 1. The molecule has 15 nitrogen and oxygen atoms in total. The number of benzene rings is 3. The molecule has 2 unspecified atom stereocenters. The largest absolute Gasteiger partial charge is 0.457 e. The molecule has 3 saturated heterocycles. The number of carbonyl (C=O) groups excluding carboxylic acids is 3. The zero-order chi connectivity index (χ0) is 39.6. The van der Waals surface area contributed by atoms with Crippen LogP contribution >= 0.6 is 0 Å². The number of rotatable bonds is 12. The van der Waals surface area contributed by atoms with Gasteiger partial charge in [0, 0.05) is 75.6 Å². The van der Waals surface area contributed by atoms with Crippen molar-refractivity contribution in [2.24, 2.45) is 0 Å². The summed E-state index contributed by atoms with van der Waals surface area (Å²) in [6.07, 6.45) is 4.18. The van der Waals surface area contributed by atoms with Gasteiger partial charge < -0.3 is 25.0 Å². The van der Waals surface area contributed by atoms with E-state index in [2.05, 4.69) is 36.1 Å². The molecule has 9 rings (SSSR count). The van der Waals surface area contributed by atoms with Crippen LogP contribution in [0.5, 0.6) is 11.5 Å². The normalized spacial score (nSPS) is 20.4. The van der Waals surface area contributed by atoms with Gasteiger partial charge in [0.15, 0.2) is 5.65 Å². The first kappa shape index (κ1) is 37.7. The van der Waals surface area contributed by atoms with Gasteiger partial charge in [-0.1, -0.05) is 18.2 Å².